The van der Waals surface area contributed by atoms with Crippen molar-refractivity contribution in [3.8, 4) is 5.75 Å². The van der Waals surface area contributed by atoms with Gasteiger partial charge in [-0.15, -0.1) is 0 Å². The van der Waals surface area contributed by atoms with Crippen molar-refractivity contribution in [3.63, 3.8) is 0 Å². The molecule has 20 heavy (non-hydrogen) atoms. The molecule has 1 unspecified atom stereocenters. The summed E-state index contributed by atoms with van der Waals surface area (Å²) in [5, 5.41) is 0. The van der Waals surface area contributed by atoms with E-state index in [9.17, 15) is 4.39 Å². The highest BCUT2D eigenvalue weighted by Gasteiger charge is 2.19. The zero-order valence-electron chi connectivity index (χ0n) is 10.9. The molecular weight excluding hydrogens is 321 g/mol. The van der Waals surface area contributed by atoms with Crippen LogP contribution in [0.1, 0.15) is 29.2 Å². The highest BCUT2D eigenvalue weighted by atomic mass is 79.9. The van der Waals surface area contributed by atoms with Gasteiger partial charge in [-0.3, -0.25) is 0 Å². The van der Waals surface area contributed by atoms with Gasteiger partial charge in [-0.05, 0) is 48.2 Å². The second-order valence-corrected chi connectivity index (χ2v) is 5.95. The van der Waals surface area contributed by atoms with Gasteiger partial charge in [0.25, 0.3) is 0 Å². The average Bonchev–Trinajstić information content (AvgIpc) is 2.79. The van der Waals surface area contributed by atoms with Gasteiger partial charge in [0.05, 0.1) is 0 Å². The third-order valence-corrected chi connectivity index (χ3v) is 4.14. The van der Waals surface area contributed by atoms with Gasteiger partial charge in [0, 0.05) is 16.1 Å². The molecule has 4 heteroatoms. The van der Waals surface area contributed by atoms with Crippen LogP contribution in [-0.4, -0.2) is 0 Å². The van der Waals surface area contributed by atoms with Crippen molar-refractivity contribution in [2.24, 2.45) is 5.73 Å². The lowest BCUT2D eigenvalue weighted by atomic mass is 10.1. The van der Waals surface area contributed by atoms with Crippen LogP contribution in [0.2, 0.25) is 0 Å². The van der Waals surface area contributed by atoms with Crippen molar-refractivity contribution in [2.75, 3.05) is 0 Å². The largest absolute Gasteiger partial charge is 0.489 e. The second kappa shape index (κ2) is 5.54. The Morgan fingerprint density at radius 3 is 2.90 bits per heavy atom. The van der Waals surface area contributed by atoms with E-state index in [0.29, 0.717) is 5.56 Å². The SMILES string of the molecule is NC1CCc2cc(OCc3ccc(Br)cc3F)ccc21. The maximum atomic E-state index is 13.7. The van der Waals surface area contributed by atoms with Gasteiger partial charge in [0.1, 0.15) is 18.2 Å². The van der Waals surface area contributed by atoms with Gasteiger partial charge in [0.15, 0.2) is 0 Å². The molecule has 1 atom stereocenters. The number of nitrogens with two attached hydrogens (primary N) is 1. The average molecular weight is 336 g/mol. The van der Waals surface area contributed by atoms with Crippen LogP contribution < -0.4 is 10.5 Å². The quantitative estimate of drug-likeness (QED) is 0.915. The van der Waals surface area contributed by atoms with E-state index in [-0.39, 0.29) is 18.5 Å². The monoisotopic (exact) mass is 335 g/mol. The predicted octanol–water partition coefficient (Wildman–Crippen LogP) is 4.11. The Morgan fingerprint density at radius 1 is 1.25 bits per heavy atom. The minimum Gasteiger partial charge on any atom is -0.489 e. The molecule has 1 aliphatic carbocycles. The van der Waals surface area contributed by atoms with Crippen molar-refractivity contribution >= 4 is 15.9 Å². The summed E-state index contributed by atoms with van der Waals surface area (Å²) >= 11 is 3.24. The van der Waals surface area contributed by atoms with E-state index >= 15 is 0 Å². The zero-order chi connectivity index (χ0) is 14.1. The molecule has 0 fully saturated rings. The first-order chi connectivity index (χ1) is 9.63. The maximum absolute atomic E-state index is 13.7. The Hall–Kier alpha value is -1.39. The van der Waals surface area contributed by atoms with E-state index in [0.717, 1.165) is 23.1 Å². The summed E-state index contributed by atoms with van der Waals surface area (Å²) in [5.74, 6) is 0.503. The Kier molecular flexibility index (Phi) is 3.76. The van der Waals surface area contributed by atoms with Crippen molar-refractivity contribution < 1.29 is 9.13 Å². The fourth-order valence-corrected chi connectivity index (χ4v) is 2.85. The minimum atomic E-state index is -0.262. The molecule has 3 rings (SSSR count). The molecule has 2 N–H and O–H groups in total. The van der Waals surface area contributed by atoms with E-state index in [1.54, 1.807) is 6.07 Å². The molecule has 0 aromatic heterocycles. The first-order valence-corrected chi connectivity index (χ1v) is 7.38. The molecule has 2 aromatic carbocycles. The Labute approximate surface area is 125 Å². The summed E-state index contributed by atoms with van der Waals surface area (Å²) in [7, 11) is 0. The van der Waals surface area contributed by atoms with Crippen LogP contribution in [0.5, 0.6) is 5.75 Å². The summed E-state index contributed by atoms with van der Waals surface area (Å²) < 4.78 is 20.1. The summed E-state index contributed by atoms with van der Waals surface area (Å²) in [5.41, 5.74) is 8.99. The first kappa shape index (κ1) is 13.6. The van der Waals surface area contributed by atoms with Crippen LogP contribution in [0.3, 0.4) is 0 Å². The lowest BCUT2D eigenvalue weighted by Gasteiger charge is -2.10. The van der Waals surface area contributed by atoms with E-state index in [2.05, 4.69) is 15.9 Å². The van der Waals surface area contributed by atoms with Gasteiger partial charge < -0.3 is 10.5 Å². The summed E-state index contributed by atoms with van der Waals surface area (Å²) in [6.45, 7) is 0.226. The van der Waals surface area contributed by atoms with E-state index in [4.69, 9.17) is 10.5 Å². The second-order valence-electron chi connectivity index (χ2n) is 5.03. The van der Waals surface area contributed by atoms with Crippen molar-refractivity contribution in [3.05, 3.63) is 63.4 Å². The molecule has 0 amide bonds. The number of hydrogen-bond acceptors (Lipinski definition) is 2. The van der Waals surface area contributed by atoms with Gasteiger partial charge in [-0.1, -0.05) is 28.1 Å². The zero-order valence-corrected chi connectivity index (χ0v) is 12.5. The number of rotatable bonds is 3. The van der Waals surface area contributed by atoms with E-state index in [1.807, 2.05) is 24.3 Å². The normalized spacial score (nSPS) is 17.1. The van der Waals surface area contributed by atoms with Crippen LogP contribution in [-0.2, 0) is 13.0 Å². The van der Waals surface area contributed by atoms with Gasteiger partial charge in [-0.25, -0.2) is 4.39 Å². The molecular formula is C16H15BrFNO. The molecule has 0 saturated heterocycles. The number of hydrogen-bond donors (Lipinski definition) is 1. The molecule has 0 spiro atoms. The lowest BCUT2D eigenvalue weighted by Crippen LogP contribution is -2.05. The smallest absolute Gasteiger partial charge is 0.130 e. The first-order valence-electron chi connectivity index (χ1n) is 6.58. The highest BCUT2D eigenvalue weighted by Crippen LogP contribution is 2.32. The number of aryl methyl sites for hydroxylation is 1. The maximum Gasteiger partial charge on any atom is 0.130 e. The van der Waals surface area contributed by atoms with Crippen molar-refractivity contribution in [1.82, 2.24) is 0 Å². The van der Waals surface area contributed by atoms with Crippen molar-refractivity contribution in [1.29, 1.82) is 0 Å². The number of fused-ring (bicyclic) bond motifs is 1. The van der Waals surface area contributed by atoms with E-state index < -0.39 is 0 Å². The van der Waals surface area contributed by atoms with Gasteiger partial charge in [-0.2, -0.15) is 0 Å². The third-order valence-electron chi connectivity index (χ3n) is 3.65. The van der Waals surface area contributed by atoms with Crippen LogP contribution >= 0.6 is 15.9 Å². The number of ether oxygens (including phenoxy) is 1. The van der Waals surface area contributed by atoms with Crippen LogP contribution in [0.15, 0.2) is 40.9 Å². The standard InChI is InChI=1S/C16H15BrFNO/c17-12-3-1-11(15(18)8-12)9-20-13-4-5-14-10(7-13)2-6-16(14)19/h1,3-5,7-8,16H,2,6,9,19H2. The van der Waals surface area contributed by atoms with Gasteiger partial charge in [0.2, 0.25) is 0 Å². The Morgan fingerprint density at radius 2 is 2.10 bits per heavy atom. The van der Waals surface area contributed by atoms with Crippen LogP contribution in [0, 0.1) is 5.82 Å². The molecule has 0 saturated carbocycles. The van der Waals surface area contributed by atoms with Crippen LogP contribution in [0.4, 0.5) is 4.39 Å². The van der Waals surface area contributed by atoms with E-state index in [1.165, 1.54) is 17.2 Å². The Balaban J connectivity index is 1.73. The van der Waals surface area contributed by atoms with Crippen LogP contribution in [0.25, 0.3) is 0 Å². The lowest BCUT2D eigenvalue weighted by molar-refractivity contribution is 0.299. The third kappa shape index (κ3) is 2.72. The minimum absolute atomic E-state index is 0.142. The van der Waals surface area contributed by atoms with Crippen molar-refractivity contribution in [2.45, 2.75) is 25.5 Å². The molecule has 0 aliphatic heterocycles. The molecule has 0 radical (unpaired) electrons. The fraction of sp³-hybridized carbons (Fsp3) is 0.250. The molecule has 0 heterocycles. The Bertz CT molecular complexity index is 644. The topological polar surface area (TPSA) is 35.2 Å². The predicted molar refractivity (Wildman–Crippen MR) is 80.1 cm³/mol. The molecule has 104 valence electrons. The fourth-order valence-electron chi connectivity index (χ4n) is 2.52. The molecule has 2 nitrogen and oxygen atoms in total. The van der Waals surface area contributed by atoms with Gasteiger partial charge >= 0.3 is 0 Å². The number of halogens is 2. The summed E-state index contributed by atoms with van der Waals surface area (Å²) in [6.07, 6.45) is 1.97. The highest BCUT2D eigenvalue weighted by molar-refractivity contribution is 9.10. The molecule has 0 bridgehead atoms. The summed E-state index contributed by atoms with van der Waals surface area (Å²) in [4.78, 5) is 0. The summed E-state index contributed by atoms with van der Waals surface area (Å²) in [6, 6.07) is 11.1. The molecule has 2 aromatic rings. The number of benzene rings is 2. The molecule has 1 aliphatic rings.